The number of aliphatic hydroxyl groups is 2. The Hall–Kier alpha value is -0.120. The lowest BCUT2D eigenvalue weighted by Gasteiger charge is -2.17. The normalized spacial score (nSPS) is 13.6. The Morgan fingerprint density at radius 2 is 1.77 bits per heavy atom. The largest absolute Gasteiger partial charge is 0.396 e. The first-order valence-corrected chi connectivity index (χ1v) is 5.14. The van der Waals surface area contributed by atoms with Crippen molar-refractivity contribution >= 4 is 0 Å². The van der Waals surface area contributed by atoms with Gasteiger partial charge in [0.1, 0.15) is 0 Å². The number of nitrogens with zero attached hydrogens (tertiary/aromatic N) is 1. The molecule has 1 unspecified atom stereocenters. The van der Waals surface area contributed by atoms with E-state index in [1.54, 1.807) is 0 Å². The van der Waals surface area contributed by atoms with Crippen LogP contribution < -0.4 is 0 Å². The topological polar surface area (TPSA) is 43.7 Å². The quantitative estimate of drug-likeness (QED) is 0.556. The predicted octanol–water partition coefficient (Wildman–Crippen LogP) is 0.852. The molecule has 3 nitrogen and oxygen atoms in total. The summed E-state index contributed by atoms with van der Waals surface area (Å²) >= 11 is 0. The van der Waals surface area contributed by atoms with Gasteiger partial charge in [0.25, 0.3) is 0 Å². The molecule has 0 rings (SSSR count). The molecule has 0 fully saturated rings. The Bertz CT molecular complexity index is 107. The van der Waals surface area contributed by atoms with E-state index in [1.165, 1.54) is 6.42 Å². The average Bonchev–Trinajstić information content (AvgIpc) is 2.02. The van der Waals surface area contributed by atoms with Gasteiger partial charge in [0.2, 0.25) is 0 Å². The zero-order chi connectivity index (χ0) is 10.1. The molecule has 80 valence electrons. The van der Waals surface area contributed by atoms with Crippen LogP contribution in [0.2, 0.25) is 0 Å². The van der Waals surface area contributed by atoms with Gasteiger partial charge in [0, 0.05) is 13.2 Å². The average molecular weight is 189 g/mol. The molecule has 0 radical (unpaired) electrons. The van der Waals surface area contributed by atoms with Crippen LogP contribution >= 0.6 is 0 Å². The molecule has 0 aliphatic rings. The third-order valence-corrected chi connectivity index (χ3v) is 2.02. The van der Waals surface area contributed by atoms with Crippen LogP contribution in [-0.4, -0.2) is 48.0 Å². The number of hydrogen-bond acceptors (Lipinski definition) is 3. The van der Waals surface area contributed by atoms with Crippen LogP contribution in [0.5, 0.6) is 0 Å². The fourth-order valence-electron chi connectivity index (χ4n) is 1.39. The van der Waals surface area contributed by atoms with Gasteiger partial charge < -0.3 is 15.1 Å². The molecule has 0 aliphatic carbocycles. The van der Waals surface area contributed by atoms with Gasteiger partial charge in [-0.3, -0.25) is 0 Å². The summed E-state index contributed by atoms with van der Waals surface area (Å²) in [6.45, 7) is 3.90. The Labute approximate surface area is 81.4 Å². The summed E-state index contributed by atoms with van der Waals surface area (Å²) in [7, 11) is 2.03. The van der Waals surface area contributed by atoms with Gasteiger partial charge in [-0.2, -0.15) is 0 Å². The Morgan fingerprint density at radius 1 is 1.15 bits per heavy atom. The molecule has 0 aromatic heterocycles. The van der Waals surface area contributed by atoms with Crippen molar-refractivity contribution in [3.63, 3.8) is 0 Å². The molecule has 0 aromatic rings. The molecule has 0 saturated carbocycles. The van der Waals surface area contributed by atoms with Crippen LogP contribution in [0.1, 0.15) is 32.6 Å². The molecule has 0 saturated heterocycles. The van der Waals surface area contributed by atoms with Gasteiger partial charge in [-0.1, -0.05) is 12.8 Å². The van der Waals surface area contributed by atoms with Crippen LogP contribution in [0, 0.1) is 0 Å². The minimum absolute atomic E-state index is 0.234. The molecule has 0 heterocycles. The Morgan fingerprint density at radius 3 is 2.31 bits per heavy atom. The summed E-state index contributed by atoms with van der Waals surface area (Å²) in [6.07, 6.45) is 4.12. The summed E-state index contributed by atoms with van der Waals surface area (Å²) in [6, 6.07) is 0. The standard InChI is InChI=1S/C10H23NO2/c1-10(13)9-11(2)7-5-3-4-6-8-12/h10,12-13H,3-9H2,1-2H3. The number of hydrogen-bond donors (Lipinski definition) is 2. The molecular formula is C10H23NO2. The molecule has 0 bridgehead atoms. The summed E-state index contributed by atoms with van der Waals surface area (Å²) in [5.41, 5.74) is 0. The molecule has 3 heteroatoms. The Balaban J connectivity index is 3.12. The van der Waals surface area contributed by atoms with Crippen LogP contribution in [0.25, 0.3) is 0 Å². The van der Waals surface area contributed by atoms with Gasteiger partial charge in [-0.25, -0.2) is 0 Å². The zero-order valence-corrected chi connectivity index (χ0v) is 8.87. The second kappa shape index (κ2) is 8.48. The summed E-state index contributed by atoms with van der Waals surface area (Å²) in [5, 5.41) is 17.6. The van der Waals surface area contributed by atoms with Crippen LogP contribution in [0.15, 0.2) is 0 Å². The van der Waals surface area contributed by atoms with Crippen molar-refractivity contribution in [3.8, 4) is 0 Å². The van der Waals surface area contributed by atoms with Gasteiger partial charge in [0.15, 0.2) is 0 Å². The molecule has 0 aliphatic heterocycles. The van der Waals surface area contributed by atoms with E-state index in [9.17, 15) is 0 Å². The minimum Gasteiger partial charge on any atom is -0.396 e. The lowest BCUT2D eigenvalue weighted by atomic mass is 10.2. The molecule has 13 heavy (non-hydrogen) atoms. The summed E-state index contributed by atoms with van der Waals surface area (Å²) in [5.74, 6) is 0. The second-order valence-corrected chi connectivity index (χ2v) is 3.75. The predicted molar refractivity (Wildman–Crippen MR) is 54.7 cm³/mol. The van der Waals surface area contributed by atoms with E-state index < -0.39 is 0 Å². The van der Waals surface area contributed by atoms with Crippen molar-refractivity contribution in [2.45, 2.75) is 38.7 Å². The van der Waals surface area contributed by atoms with Gasteiger partial charge in [-0.15, -0.1) is 0 Å². The molecular weight excluding hydrogens is 166 g/mol. The fraction of sp³-hybridized carbons (Fsp3) is 1.00. The highest BCUT2D eigenvalue weighted by Gasteiger charge is 2.01. The highest BCUT2D eigenvalue weighted by molar-refractivity contribution is 4.56. The van der Waals surface area contributed by atoms with Crippen molar-refractivity contribution in [1.82, 2.24) is 4.90 Å². The third-order valence-electron chi connectivity index (χ3n) is 2.02. The van der Waals surface area contributed by atoms with E-state index in [4.69, 9.17) is 10.2 Å². The van der Waals surface area contributed by atoms with Crippen LogP contribution in [0.4, 0.5) is 0 Å². The van der Waals surface area contributed by atoms with Crippen LogP contribution in [-0.2, 0) is 0 Å². The lowest BCUT2D eigenvalue weighted by molar-refractivity contribution is 0.140. The van der Waals surface area contributed by atoms with Gasteiger partial charge in [-0.05, 0) is 33.4 Å². The van der Waals surface area contributed by atoms with E-state index in [-0.39, 0.29) is 6.10 Å². The Kier molecular flexibility index (Phi) is 8.40. The third kappa shape index (κ3) is 9.80. The first-order valence-electron chi connectivity index (χ1n) is 5.14. The first kappa shape index (κ1) is 12.9. The highest BCUT2D eigenvalue weighted by Crippen LogP contribution is 2.00. The molecule has 0 spiro atoms. The lowest BCUT2D eigenvalue weighted by Crippen LogP contribution is -2.28. The van der Waals surface area contributed by atoms with Crippen LogP contribution in [0.3, 0.4) is 0 Å². The number of likely N-dealkylation sites (N-methyl/N-ethyl adjacent to an activating group) is 1. The fourth-order valence-corrected chi connectivity index (χ4v) is 1.39. The van der Waals surface area contributed by atoms with Crippen molar-refractivity contribution in [3.05, 3.63) is 0 Å². The highest BCUT2D eigenvalue weighted by atomic mass is 16.3. The molecule has 0 amide bonds. The number of aliphatic hydroxyl groups excluding tert-OH is 2. The van der Waals surface area contributed by atoms with Crippen molar-refractivity contribution in [2.24, 2.45) is 0 Å². The number of unbranched alkanes of at least 4 members (excludes halogenated alkanes) is 3. The van der Waals surface area contributed by atoms with Crippen molar-refractivity contribution in [1.29, 1.82) is 0 Å². The zero-order valence-electron chi connectivity index (χ0n) is 8.87. The monoisotopic (exact) mass is 189 g/mol. The SMILES string of the molecule is CC(O)CN(C)CCCCCCO. The van der Waals surface area contributed by atoms with E-state index in [0.29, 0.717) is 6.61 Å². The number of rotatable bonds is 8. The summed E-state index contributed by atoms with van der Waals surface area (Å²) < 4.78 is 0. The maximum Gasteiger partial charge on any atom is 0.0638 e. The van der Waals surface area contributed by atoms with Crippen molar-refractivity contribution < 1.29 is 10.2 Å². The van der Waals surface area contributed by atoms with E-state index >= 15 is 0 Å². The maximum absolute atomic E-state index is 9.09. The summed E-state index contributed by atoms with van der Waals surface area (Å²) in [4.78, 5) is 2.14. The van der Waals surface area contributed by atoms with Gasteiger partial charge in [0.05, 0.1) is 6.10 Å². The maximum atomic E-state index is 9.09. The molecule has 0 aromatic carbocycles. The van der Waals surface area contributed by atoms with Gasteiger partial charge >= 0.3 is 0 Å². The van der Waals surface area contributed by atoms with E-state index in [0.717, 1.165) is 32.4 Å². The van der Waals surface area contributed by atoms with E-state index in [1.807, 2.05) is 14.0 Å². The minimum atomic E-state index is -0.234. The second-order valence-electron chi connectivity index (χ2n) is 3.75. The molecule has 2 N–H and O–H groups in total. The smallest absolute Gasteiger partial charge is 0.0638 e. The van der Waals surface area contributed by atoms with E-state index in [2.05, 4.69) is 4.90 Å². The molecule has 1 atom stereocenters. The van der Waals surface area contributed by atoms with Crippen molar-refractivity contribution in [2.75, 3.05) is 26.7 Å². The first-order chi connectivity index (χ1) is 6.16.